The number of rotatable bonds is 7. The third-order valence-corrected chi connectivity index (χ3v) is 6.25. The Morgan fingerprint density at radius 3 is 1.19 bits per heavy atom. The molecule has 2 atom stereocenters. The zero-order chi connectivity index (χ0) is 22.5. The summed E-state index contributed by atoms with van der Waals surface area (Å²) in [5, 5.41) is 9.56. The van der Waals surface area contributed by atoms with E-state index in [-0.39, 0.29) is 12.1 Å². The van der Waals surface area contributed by atoms with E-state index in [1.54, 1.807) is 12.1 Å². The molecule has 0 radical (unpaired) electrons. The number of nitrogens with one attached hydrogen (secondary N) is 2. The molecule has 4 aromatic rings. The summed E-state index contributed by atoms with van der Waals surface area (Å²) in [6.45, 7) is 0. The predicted molar refractivity (Wildman–Crippen MR) is 139 cm³/mol. The first-order chi connectivity index (χ1) is 15.5. The Morgan fingerprint density at radius 2 is 0.844 bits per heavy atom. The van der Waals surface area contributed by atoms with Crippen molar-refractivity contribution < 1.29 is 0 Å². The van der Waals surface area contributed by atoms with Crippen LogP contribution in [0, 0.1) is 0 Å². The van der Waals surface area contributed by atoms with Gasteiger partial charge in [-0.25, -0.2) is 0 Å². The van der Waals surface area contributed by atoms with Gasteiger partial charge in [-0.1, -0.05) is 94.9 Å². The highest BCUT2D eigenvalue weighted by molar-refractivity contribution is 6.35. The third-order valence-electron chi connectivity index (χ3n) is 5.12. The van der Waals surface area contributed by atoms with Gasteiger partial charge < -0.3 is 10.6 Å². The van der Waals surface area contributed by atoms with Crippen LogP contribution in [0.4, 0.5) is 11.4 Å². The van der Waals surface area contributed by atoms with Crippen molar-refractivity contribution in [2.75, 3.05) is 10.6 Å². The first kappa shape index (κ1) is 22.8. The fraction of sp³-hybridized carbons (Fsp3) is 0.0769. The molecule has 0 fully saturated rings. The van der Waals surface area contributed by atoms with Gasteiger partial charge in [0.25, 0.3) is 0 Å². The maximum Gasteiger partial charge on any atom is 0.0772 e. The van der Waals surface area contributed by atoms with Gasteiger partial charge >= 0.3 is 0 Å². The van der Waals surface area contributed by atoms with Crippen LogP contribution in [0.2, 0.25) is 20.1 Å². The number of benzene rings is 4. The molecule has 2 N–H and O–H groups in total. The third kappa shape index (κ3) is 5.51. The van der Waals surface area contributed by atoms with Gasteiger partial charge in [-0.2, -0.15) is 0 Å². The van der Waals surface area contributed by atoms with Gasteiger partial charge in [0.1, 0.15) is 0 Å². The normalized spacial score (nSPS) is 12.8. The molecule has 162 valence electrons. The average Bonchev–Trinajstić information content (AvgIpc) is 2.78. The van der Waals surface area contributed by atoms with Crippen LogP contribution in [-0.4, -0.2) is 0 Å². The Kier molecular flexibility index (Phi) is 7.49. The summed E-state index contributed by atoms with van der Waals surface area (Å²) in [7, 11) is 0. The molecule has 0 aliphatic heterocycles. The molecular formula is C26H20Cl4N2. The molecule has 0 aromatic heterocycles. The molecule has 0 heterocycles. The summed E-state index contributed by atoms with van der Waals surface area (Å²) >= 11 is 25.8. The molecule has 4 aromatic carbocycles. The van der Waals surface area contributed by atoms with Crippen molar-refractivity contribution in [2.24, 2.45) is 0 Å². The molecule has 0 spiro atoms. The zero-order valence-corrected chi connectivity index (χ0v) is 19.9. The lowest BCUT2D eigenvalue weighted by molar-refractivity contribution is 0.650. The molecule has 0 bridgehead atoms. The van der Waals surface area contributed by atoms with E-state index < -0.39 is 0 Å². The van der Waals surface area contributed by atoms with E-state index in [0.717, 1.165) is 22.5 Å². The minimum Gasteiger partial charge on any atom is -0.376 e. The Morgan fingerprint density at radius 1 is 0.469 bits per heavy atom. The highest BCUT2D eigenvalue weighted by Crippen LogP contribution is 2.41. The number of hydrogen-bond donors (Lipinski definition) is 2. The highest BCUT2D eigenvalue weighted by atomic mass is 35.5. The molecule has 2 unspecified atom stereocenters. The van der Waals surface area contributed by atoms with E-state index in [0.29, 0.717) is 20.1 Å². The molecule has 4 rings (SSSR count). The molecule has 0 amide bonds. The van der Waals surface area contributed by atoms with Crippen molar-refractivity contribution >= 4 is 57.8 Å². The molecule has 0 saturated heterocycles. The van der Waals surface area contributed by atoms with Crippen molar-refractivity contribution in [3.05, 3.63) is 128 Å². The van der Waals surface area contributed by atoms with Crippen LogP contribution in [0.15, 0.2) is 97.1 Å². The van der Waals surface area contributed by atoms with Crippen LogP contribution in [0.1, 0.15) is 23.2 Å². The van der Waals surface area contributed by atoms with Gasteiger partial charge in [0.2, 0.25) is 0 Å². The molecule has 2 nitrogen and oxygen atoms in total. The number of hydrogen-bond acceptors (Lipinski definition) is 2. The smallest absolute Gasteiger partial charge is 0.0772 e. The van der Waals surface area contributed by atoms with Crippen molar-refractivity contribution in [1.82, 2.24) is 0 Å². The average molecular weight is 502 g/mol. The highest BCUT2D eigenvalue weighted by Gasteiger charge is 2.29. The zero-order valence-electron chi connectivity index (χ0n) is 16.9. The van der Waals surface area contributed by atoms with Crippen LogP contribution in [0.25, 0.3) is 0 Å². The van der Waals surface area contributed by atoms with Crippen LogP contribution in [-0.2, 0) is 0 Å². The summed E-state index contributed by atoms with van der Waals surface area (Å²) in [6, 6.07) is 30.5. The van der Waals surface area contributed by atoms with Gasteiger partial charge in [0.15, 0.2) is 0 Å². The van der Waals surface area contributed by atoms with Crippen LogP contribution in [0.3, 0.4) is 0 Å². The van der Waals surface area contributed by atoms with Gasteiger partial charge in [0, 0.05) is 31.5 Å². The Labute approximate surface area is 208 Å². The minimum atomic E-state index is -0.277. The standard InChI is InChI=1S/C26H20Cl4N2/c27-17-11-13-21(23(29)15-17)25(31-19-7-3-1-4-8-19)26(32-20-9-5-2-6-10-20)22-14-12-18(28)16-24(22)30/h1-16,25-26,31-32H. The lowest BCUT2D eigenvalue weighted by Gasteiger charge is -2.32. The Balaban J connectivity index is 1.86. The summed E-state index contributed by atoms with van der Waals surface area (Å²) in [5.74, 6) is 0. The lowest BCUT2D eigenvalue weighted by Crippen LogP contribution is -2.26. The van der Waals surface area contributed by atoms with Crippen LogP contribution >= 0.6 is 46.4 Å². The van der Waals surface area contributed by atoms with E-state index >= 15 is 0 Å². The predicted octanol–water partition coefficient (Wildman–Crippen LogP) is 9.31. The summed E-state index contributed by atoms with van der Waals surface area (Å²) < 4.78 is 0. The second kappa shape index (κ2) is 10.5. The number of anilines is 2. The van der Waals surface area contributed by atoms with Crippen LogP contribution in [0.5, 0.6) is 0 Å². The van der Waals surface area contributed by atoms with Crippen molar-refractivity contribution in [2.45, 2.75) is 12.1 Å². The van der Waals surface area contributed by atoms with E-state index in [2.05, 4.69) is 10.6 Å². The van der Waals surface area contributed by atoms with E-state index in [1.807, 2.05) is 84.9 Å². The largest absolute Gasteiger partial charge is 0.376 e. The molecule has 0 aliphatic carbocycles. The topological polar surface area (TPSA) is 24.1 Å². The van der Waals surface area contributed by atoms with E-state index in [4.69, 9.17) is 46.4 Å². The first-order valence-corrected chi connectivity index (χ1v) is 11.6. The maximum atomic E-state index is 6.68. The lowest BCUT2D eigenvalue weighted by atomic mass is 9.92. The molecule has 0 aliphatic rings. The number of halogens is 4. The fourth-order valence-corrected chi connectivity index (χ4v) is 4.67. The van der Waals surface area contributed by atoms with E-state index in [1.165, 1.54) is 0 Å². The Bertz CT molecular complexity index is 1090. The van der Waals surface area contributed by atoms with Crippen molar-refractivity contribution in [1.29, 1.82) is 0 Å². The number of para-hydroxylation sites is 2. The minimum absolute atomic E-state index is 0.277. The molecule has 32 heavy (non-hydrogen) atoms. The molecular weight excluding hydrogens is 482 g/mol. The van der Waals surface area contributed by atoms with Crippen molar-refractivity contribution in [3.63, 3.8) is 0 Å². The van der Waals surface area contributed by atoms with Gasteiger partial charge in [-0.05, 0) is 59.7 Å². The maximum absolute atomic E-state index is 6.68. The van der Waals surface area contributed by atoms with Gasteiger partial charge in [0.05, 0.1) is 12.1 Å². The first-order valence-electron chi connectivity index (χ1n) is 10.0. The molecule has 0 saturated carbocycles. The summed E-state index contributed by atoms with van der Waals surface area (Å²) in [4.78, 5) is 0. The summed E-state index contributed by atoms with van der Waals surface area (Å²) in [6.07, 6.45) is 0. The fourth-order valence-electron chi connectivity index (χ4n) is 3.62. The molecule has 6 heteroatoms. The second-order valence-corrected chi connectivity index (χ2v) is 9.00. The van der Waals surface area contributed by atoms with Gasteiger partial charge in [-0.15, -0.1) is 0 Å². The quantitative estimate of drug-likeness (QED) is 0.263. The second-order valence-electron chi connectivity index (χ2n) is 7.31. The van der Waals surface area contributed by atoms with E-state index in [9.17, 15) is 0 Å². The monoisotopic (exact) mass is 500 g/mol. The summed E-state index contributed by atoms with van der Waals surface area (Å²) in [5.41, 5.74) is 3.68. The Hall–Kier alpha value is -2.36. The van der Waals surface area contributed by atoms with Crippen LogP contribution < -0.4 is 10.6 Å². The van der Waals surface area contributed by atoms with Crippen molar-refractivity contribution in [3.8, 4) is 0 Å². The SMILES string of the molecule is Clc1ccc(C(Nc2ccccc2)C(Nc2ccccc2)c2ccc(Cl)cc2Cl)c(Cl)c1. The van der Waals surface area contributed by atoms with Gasteiger partial charge in [-0.3, -0.25) is 0 Å².